The molecule has 4 aromatic rings. The molecule has 2 unspecified atom stereocenters. The SMILES string of the molecule is CCC1=Cc2c(-c3ccc(C(F)(F)F)cc3)cccc2[CH]1[Zr+2]([CH]1C(CC)=Cc2c(-c3ccc(C(F)(F)F)cc3)cccc21)[SnH]([CH3])[CH3].[Cl-].[Cl-]. The molecule has 2 aliphatic carbocycles. The van der Waals surface area contributed by atoms with Crippen LogP contribution in [0.5, 0.6) is 0 Å². The third-order valence-electron chi connectivity index (χ3n) is 9.50. The fourth-order valence-electron chi connectivity index (χ4n) is 7.34. The molecule has 0 amide bonds. The van der Waals surface area contributed by atoms with Crippen molar-refractivity contribution in [3.8, 4) is 22.3 Å². The van der Waals surface area contributed by atoms with Crippen LogP contribution in [-0.4, -0.2) is 15.2 Å². The van der Waals surface area contributed by atoms with Gasteiger partial charge >= 0.3 is 279 Å². The minimum absolute atomic E-state index is 0. The van der Waals surface area contributed by atoms with Crippen molar-refractivity contribution in [3.63, 3.8) is 0 Å². The smallest absolute Gasteiger partial charge is 1.00 e. The van der Waals surface area contributed by atoms with E-state index in [0.29, 0.717) is 7.25 Å². The summed E-state index contributed by atoms with van der Waals surface area (Å²) >= 11 is -4.39. The van der Waals surface area contributed by atoms with E-state index >= 15 is 0 Å². The summed E-state index contributed by atoms with van der Waals surface area (Å²) in [5.41, 5.74) is 10.1. The minimum Gasteiger partial charge on any atom is -1.00 e. The van der Waals surface area contributed by atoms with Gasteiger partial charge in [-0.1, -0.05) is 0 Å². The Morgan fingerprint density at radius 3 is 1.21 bits per heavy atom. The van der Waals surface area contributed by atoms with E-state index in [-0.39, 0.29) is 24.8 Å². The first-order valence-corrected chi connectivity index (χ1v) is 36.3. The van der Waals surface area contributed by atoms with E-state index < -0.39 is 56.3 Å². The van der Waals surface area contributed by atoms with Crippen molar-refractivity contribution in [1.82, 2.24) is 0 Å². The molecule has 48 heavy (non-hydrogen) atoms. The standard InChI is InChI=1S/2C18H14F3.2CH3.2ClH.Sn.Zr.H/c2*1-2-12-10-14-4-3-5-16(17(14)11-12)13-6-8-15(9-7-13)18(19,20)21;;;;;;;/h2*3-11H,2H2,1H3;2*1H3;2*1H;;;/q;;;;;;;+2;/p-2. The molecule has 2 atom stereocenters. The van der Waals surface area contributed by atoms with Crippen LogP contribution in [0.4, 0.5) is 26.3 Å². The third kappa shape index (κ3) is 7.31. The Morgan fingerprint density at radius 1 is 0.562 bits per heavy atom. The minimum atomic E-state index is -4.38. The van der Waals surface area contributed by atoms with E-state index in [2.05, 4.69) is 60.1 Å². The summed E-state index contributed by atoms with van der Waals surface area (Å²) in [7, 11) is 0. The second kappa shape index (κ2) is 15.2. The molecule has 251 valence electrons. The Morgan fingerprint density at radius 2 is 0.917 bits per heavy atom. The summed E-state index contributed by atoms with van der Waals surface area (Å²) < 4.78 is 80.6. The van der Waals surface area contributed by atoms with Gasteiger partial charge in [-0.3, -0.25) is 0 Å². The van der Waals surface area contributed by atoms with Crippen LogP contribution >= 0.6 is 0 Å². The molecule has 0 fully saturated rings. The van der Waals surface area contributed by atoms with Crippen molar-refractivity contribution in [3.05, 3.63) is 129 Å². The summed E-state index contributed by atoms with van der Waals surface area (Å²) in [6, 6.07) is 23.6. The van der Waals surface area contributed by atoms with Crippen LogP contribution in [0.15, 0.2) is 96.1 Å². The van der Waals surface area contributed by atoms with Gasteiger partial charge in [0.05, 0.1) is 0 Å². The molecule has 0 spiro atoms. The van der Waals surface area contributed by atoms with E-state index in [1.165, 1.54) is 46.5 Å². The van der Waals surface area contributed by atoms with Crippen LogP contribution in [-0.2, 0) is 29.9 Å². The third-order valence-corrected chi connectivity index (χ3v) is 53.2. The zero-order valence-electron chi connectivity index (χ0n) is 26.9. The Balaban J connectivity index is 0.00000260. The molecule has 0 saturated heterocycles. The van der Waals surface area contributed by atoms with Crippen LogP contribution in [0.25, 0.3) is 34.4 Å². The average molecular weight is 887 g/mol. The van der Waals surface area contributed by atoms with E-state index in [0.717, 1.165) is 46.2 Å². The maximum Gasteiger partial charge on any atom is -1.00 e. The first-order valence-electron chi connectivity index (χ1n) is 15.7. The zero-order valence-corrected chi connectivity index (χ0v) is 34.2. The number of fused-ring (bicyclic) bond motifs is 2. The Kier molecular flexibility index (Phi) is 12.4. The average Bonchev–Trinajstić information content (AvgIpc) is 3.59. The quantitative estimate of drug-likeness (QED) is 0.157. The van der Waals surface area contributed by atoms with Gasteiger partial charge in [-0.15, -0.1) is 0 Å². The monoisotopic (exact) mass is 885 g/mol. The molecule has 2 aliphatic rings. The molecule has 0 bridgehead atoms. The van der Waals surface area contributed by atoms with Crippen molar-refractivity contribution in [2.45, 2.75) is 56.2 Å². The molecule has 0 aliphatic heterocycles. The first kappa shape index (κ1) is 39.0. The Labute approximate surface area is 301 Å². The number of hydrogen-bond donors (Lipinski definition) is 0. The largest absolute Gasteiger partial charge is 1.00 e. The van der Waals surface area contributed by atoms with Gasteiger partial charge in [-0.25, -0.2) is 0 Å². The molecule has 0 aromatic heterocycles. The van der Waals surface area contributed by atoms with Gasteiger partial charge in [-0.2, -0.15) is 0 Å². The van der Waals surface area contributed by atoms with Crippen molar-refractivity contribution < 1.29 is 68.7 Å². The van der Waals surface area contributed by atoms with Gasteiger partial charge in [0.1, 0.15) is 0 Å². The molecule has 0 radical (unpaired) electrons. The summed E-state index contributed by atoms with van der Waals surface area (Å²) in [6.45, 7) is 4.42. The van der Waals surface area contributed by atoms with Crippen LogP contribution in [0.1, 0.15) is 67.3 Å². The maximum atomic E-state index is 13.3. The van der Waals surface area contributed by atoms with E-state index in [1.807, 2.05) is 12.1 Å². The van der Waals surface area contributed by atoms with Crippen LogP contribution in [0.2, 0.25) is 9.88 Å². The molecule has 4 aromatic carbocycles. The van der Waals surface area contributed by atoms with Gasteiger partial charge in [-0.05, 0) is 0 Å². The molecule has 0 heterocycles. The molecule has 10 heteroatoms. The van der Waals surface area contributed by atoms with Crippen LogP contribution in [0.3, 0.4) is 0 Å². The van der Waals surface area contributed by atoms with Crippen LogP contribution < -0.4 is 24.8 Å². The maximum absolute atomic E-state index is 13.3. The summed E-state index contributed by atoms with van der Waals surface area (Å²) in [6.07, 6.45) is -2.26. The Hall–Kier alpha value is -1.80. The normalized spacial score (nSPS) is 16.8. The fraction of sp³-hybridized carbons (Fsp3) is 0.263. The van der Waals surface area contributed by atoms with Gasteiger partial charge in [0.25, 0.3) is 0 Å². The van der Waals surface area contributed by atoms with Gasteiger partial charge in [0, 0.05) is 0 Å². The topological polar surface area (TPSA) is 0 Å². The van der Waals surface area contributed by atoms with Crippen molar-refractivity contribution in [2.24, 2.45) is 0 Å². The van der Waals surface area contributed by atoms with Gasteiger partial charge in [0.15, 0.2) is 0 Å². The summed E-state index contributed by atoms with van der Waals surface area (Å²) in [5, 5.41) is 0. The van der Waals surface area contributed by atoms with E-state index in [9.17, 15) is 26.3 Å². The van der Waals surface area contributed by atoms with E-state index in [1.54, 1.807) is 24.3 Å². The number of halogens is 8. The molecular weight excluding hydrogens is 851 g/mol. The number of benzene rings is 4. The van der Waals surface area contributed by atoms with Crippen molar-refractivity contribution in [1.29, 1.82) is 0 Å². The summed E-state index contributed by atoms with van der Waals surface area (Å²) in [5.74, 6) is 0. The summed E-state index contributed by atoms with van der Waals surface area (Å²) in [4.78, 5) is 5.10. The molecular formula is C38H35Cl2F6SnZr. The zero-order chi connectivity index (χ0) is 33.0. The van der Waals surface area contributed by atoms with Crippen molar-refractivity contribution in [2.75, 3.05) is 0 Å². The second-order valence-corrected chi connectivity index (χ2v) is 54.6. The van der Waals surface area contributed by atoms with Crippen LogP contribution in [0, 0.1) is 0 Å². The number of allylic oxidation sites excluding steroid dienone is 2. The molecule has 0 saturated carbocycles. The van der Waals surface area contributed by atoms with Crippen molar-refractivity contribution >= 4 is 27.4 Å². The van der Waals surface area contributed by atoms with Gasteiger partial charge < -0.3 is 24.8 Å². The molecule has 0 nitrogen and oxygen atoms in total. The number of hydrogen-bond acceptors (Lipinski definition) is 0. The fourth-order valence-corrected chi connectivity index (χ4v) is 53.8. The first-order chi connectivity index (χ1) is 21.8. The molecule has 0 N–H and O–H groups in total. The predicted octanol–water partition coefficient (Wildman–Crippen LogP) is 6.06. The second-order valence-electron chi connectivity index (χ2n) is 12.4. The van der Waals surface area contributed by atoms with E-state index in [4.69, 9.17) is 0 Å². The Bertz CT molecular complexity index is 1700. The number of rotatable bonds is 7. The predicted molar refractivity (Wildman–Crippen MR) is 175 cm³/mol. The number of alkyl halides is 6. The van der Waals surface area contributed by atoms with Gasteiger partial charge in [0.2, 0.25) is 0 Å². The molecule has 6 rings (SSSR count).